The lowest BCUT2D eigenvalue weighted by atomic mass is 10.4. The molecule has 1 N–H and O–H groups in total. The average molecular weight is 174 g/mol. The van der Waals surface area contributed by atoms with Gasteiger partial charge in [-0.05, 0) is 6.08 Å². The summed E-state index contributed by atoms with van der Waals surface area (Å²) in [5.41, 5.74) is 0.711. The molecule has 1 aliphatic heterocycles. The number of rotatable bonds is 2. The topological polar surface area (TPSA) is 58.5 Å². The molecule has 0 aromatic carbocycles. The number of allylic oxidation sites excluding steroid dienone is 1. The summed E-state index contributed by atoms with van der Waals surface area (Å²) >= 11 is 0. The monoisotopic (exact) mass is 174 g/mol. The van der Waals surface area contributed by atoms with Crippen LogP contribution in [0.5, 0.6) is 0 Å². The van der Waals surface area contributed by atoms with Crippen LogP contribution >= 0.6 is 0 Å². The largest absolute Gasteiger partial charge is 0.369 e. The van der Waals surface area contributed by atoms with E-state index in [9.17, 15) is 8.42 Å². The molecule has 0 saturated heterocycles. The van der Waals surface area contributed by atoms with E-state index in [0.29, 0.717) is 12.4 Å². The lowest BCUT2D eigenvalue weighted by Crippen LogP contribution is -2.22. The molecule has 0 aromatic heterocycles. The summed E-state index contributed by atoms with van der Waals surface area (Å²) in [5.74, 6) is 0.0685. The molecule has 0 aromatic rings. The van der Waals surface area contributed by atoms with Crippen LogP contribution in [0.25, 0.3) is 0 Å². The zero-order valence-corrected chi connectivity index (χ0v) is 7.06. The SMILES string of the molecule is CS(=O)(=O)CC1=CC=NCN1. The maximum Gasteiger partial charge on any atom is 0.153 e. The Hall–Kier alpha value is -0.840. The predicted octanol–water partition coefficient (Wildman–Crippen LogP) is -0.454. The highest BCUT2D eigenvalue weighted by molar-refractivity contribution is 7.90. The van der Waals surface area contributed by atoms with Gasteiger partial charge in [-0.3, -0.25) is 4.99 Å². The van der Waals surface area contributed by atoms with Crippen molar-refractivity contribution in [1.82, 2.24) is 5.32 Å². The van der Waals surface area contributed by atoms with Gasteiger partial charge in [-0.1, -0.05) is 0 Å². The molecule has 1 rings (SSSR count). The molecular weight excluding hydrogens is 164 g/mol. The van der Waals surface area contributed by atoms with Gasteiger partial charge in [0.1, 0.15) is 6.67 Å². The van der Waals surface area contributed by atoms with Crippen LogP contribution in [0.4, 0.5) is 0 Å². The molecule has 62 valence electrons. The molecule has 0 fully saturated rings. The summed E-state index contributed by atoms with van der Waals surface area (Å²) in [4.78, 5) is 3.85. The van der Waals surface area contributed by atoms with Gasteiger partial charge in [-0.2, -0.15) is 0 Å². The van der Waals surface area contributed by atoms with Crippen LogP contribution in [-0.2, 0) is 9.84 Å². The number of hydrogen-bond acceptors (Lipinski definition) is 4. The van der Waals surface area contributed by atoms with Gasteiger partial charge in [0.25, 0.3) is 0 Å². The first-order valence-corrected chi connectivity index (χ1v) is 5.24. The standard InChI is InChI=1S/C6H10N2O2S/c1-11(9,10)4-6-2-3-7-5-8-6/h2-3,8H,4-5H2,1H3. The molecule has 11 heavy (non-hydrogen) atoms. The third-order valence-electron chi connectivity index (χ3n) is 1.20. The molecule has 0 aliphatic carbocycles. The predicted molar refractivity (Wildman–Crippen MR) is 44.3 cm³/mol. The average Bonchev–Trinajstić information content (AvgIpc) is 1.85. The van der Waals surface area contributed by atoms with E-state index in [-0.39, 0.29) is 5.75 Å². The number of nitrogens with zero attached hydrogens (tertiary/aromatic N) is 1. The highest BCUT2D eigenvalue weighted by Gasteiger charge is 2.06. The maximum atomic E-state index is 10.8. The molecule has 0 radical (unpaired) electrons. The van der Waals surface area contributed by atoms with Gasteiger partial charge in [0.05, 0.1) is 5.75 Å². The summed E-state index contributed by atoms with van der Waals surface area (Å²) in [6.07, 6.45) is 4.49. The lowest BCUT2D eigenvalue weighted by Gasteiger charge is -2.09. The van der Waals surface area contributed by atoms with Crippen molar-refractivity contribution < 1.29 is 8.42 Å². The van der Waals surface area contributed by atoms with E-state index in [1.165, 1.54) is 6.26 Å². The molecule has 1 aliphatic rings. The van der Waals surface area contributed by atoms with Crippen molar-refractivity contribution in [3.63, 3.8) is 0 Å². The minimum atomic E-state index is -2.92. The quantitative estimate of drug-likeness (QED) is 0.616. The second-order valence-corrected chi connectivity index (χ2v) is 4.57. The highest BCUT2D eigenvalue weighted by Crippen LogP contribution is 1.96. The molecule has 0 bridgehead atoms. The minimum Gasteiger partial charge on any atom is -0.369 e. The fraction of sp³-hybridized carbons (Fsp3) is 0.500. The van der Waals surface area contributed by atoms with Crippen molar-refractivity contribution in [3.8, 4) is 0 Å². The van der Waals surface area contributed by atoms with Gasteiger partial charge >= 0.3 is 0 Å². The van der Waals surface area contributed by atoms with Crippen molar-refractivity contribution >= 4 is 16.1 Å². The molecule has 0 spiro atoms. The van der Waals surface area contributed by atoms with E-state index in [1.807, 2.05) is 0 Å². The summed E-state index contributed by atoms with van der Waals surface area (Å²) in [6, 6.07) is 0. The summed E-state index contributed by atoms with van der Waals surface area (Å²) < 4.78 is 21.5. The first-order chi connectivity index (χ1) is 5.08. The van der Waals surface area contributed by atoms with Gasteiger partial charge in [0.2, 0.25) is 0 Å². The summed E-state index contributed by atoms with van der Waals surface area (Å²) in [5, 5.41) is 2.86. The lowest BCUT2D eigenvalue weighted by molar-refractivity contribution is 0.602. The van der Waals surface area contributed by atoms with E-state index in [0.717, 1.165) is 0 Å². The Kier molecular flexibility index (Phi) is 2.28. The Balaban J connectivity index is 2.63. The van der Waals surface area contributed by atoms with Crippen LogP contribution < -0.4 is 5.32 Å². The smallest absolute Gasteiger partial charge is 0.153 e. The molecule has 0 unspecified atom stereocenters. The third-order valence-corrected chi connectivity index (χ3v) is 2.03. The first kappa shape index (κ1) is 8.26. The second kappa shape index (κ2) is 3.04. The van der Waals surface area contributed by atoms with Crippen LogP contribution in [-0.4, -0.2) is 33.3 Å². The van der Waals surface area contributed by atoms with E-state index in [2.05, 4.69) is 10.3 Å². The fourth-order valence-corrected chi connectivity index (χ4v) is 1.55. The molecule has 0 atom stereocenters. The van der Waals surface area contributed by atoms with Crippen LogP contribution in [0.15, 0.2) is 16.8 Å². The zero-order valence-electron chi connectivity index (χ0n) is 6.24. The molecule has 1 heterocycles. The highest BCUT2D eigenvalue weighted by atomic mass is 32.2. The van der Waals surface area contributed by atoms with Gasteiger partial charge in [0, 0.05) is 18.2 Å². The van der Waals surface area contributed by atoms with E-state index >= 15 is 0 Å². The Labute approximate surface area is 65.9 Å². The molecule has 0 amide bonds. The van der Waals surface area contributed by atoms with E-state index < -0.39 is 9.84 Å². The normalized spacial score (nSPS) is 17.4. The van der Waals surface area contributed by atoms with Crippen molar-refractivity contribution in [2.45, 2.75) is 0 Å². The molecule has 0 saturated carbocycles. The van der Waals surface area contributed by atoms with Crippen molar-refractivity contribution in [3.05, 3.63) is 11.8 Å². The number of sulfone groups is 1. The van der Waals surface area contributed by atoms with Crippen LogP contribution in [0.1, 0.15) is 0 Å². The van der Waals surface area contributed by atoms with Gasteiger partial charge in [-0.15, -0.1) is 0 Å². The fourth-order valence-electron chi connectivity index (χ4n) is 0.783. The van der Waals surface area contributed by atoms with Gasteiger partial charge in [0.15, 0.2) is 9.84 Å². The summed E-state index contributed by atoms with van der Waals surface area (Å²) in [6.45, 7) is 0.474. The second-order valence-electron chi connectivity index (χ2n) is 2.43. The Morgan fingerprint density at radius 3 is 2.91 bits per heavy atom. The zero-order chi connectivity index (χ0) is 8.32. The summed E-state index contributed by atoms with van der Waals surface area (Å²) in [7, 11) is -2.92. The number of hydrogen-bond donors (Lipinski definition) is 1. The van der Waals surface area contributed by atoms with Crippen molar-refractivity contribution in [1.29, 1.82) is 0 Å². The van der Waals surface area contributed by atoms with Crippen LogP contribution in [0.3, 0.4) is 0 Å². The number of aliphatic imine (C=N–C) groups is 1. The first-order valence-electron chi connectivity index (χ1n) is 3.18. The maximum absolute atomic E-state index is 10.8. The van der Waals surface area contributed by atoms with E-state index in [1.54, 1.807) is 12.3 Å². The Morgan fingerprint density at radius 2 is 2.45 bits per heavy atom. The van der Waals surface area contributed by atoms with Gasteiger partial charge in [-0.25, -0.2) is 8.42 Å². The van der Waals surface area contributed by atoms with Crippen LogP contribution in [0, 0.1) is 0 Å². The van der Waals surface area contributed by atoms with E-state index in [4.69, 9.17) is 0 Å². The minimum absolute atomic E-state index is 0.0685. The third kappa shape index (κ3) is 3.18. The van der Waals surface area contributed by atoms with Crippen molar-refractivity contribution in [2.24, 2.45) is 4.99 Å². The molecular formula is C6H10N2O2S. The Morgan fingerprint density at radius 1 is 1.73 bits per heavy atom. The number of nitrogens with one attached hydrogen (secondary N) is 1. The van der Waals surface area contributed by atoms with Gasteiger partial charge < -0.3 is 5.32 Å². The molecule has 4 nitrogen and oxygen atoms in total. The van der Waals surface area contributed by atoms with Crippen molar-refractivity contribution in [2.75, 3.05) is 18.7 Å². The van der Waals surface area contributed by atoms with Crippen LogP contribution in [0.2, 0.25) is 0 Å². The Bertz CT molecular complexity index is 290. The molecule has 5 heteroatoms.